The average molecular weight is 387 g/mol. The fraction of sp³-hybridized carbons (Fsp3) is 0.136. The van der Waals surface area contributed by atoms with Gasteiger partial charge in [0, 0.05) is 45.2 Å². The number of fused-ring (bicyclic) bond motifs is 2. The topological polar surface area (TPSA) is 70.6 Å². The summed E-state index contributed by atoms with van der Waals surface area (Å²) in [4.78, 5) is 29.5. The van der Waals surface area contributed by atoms with Crippen LogP contribution in [-0.2, 0) is 16.1 Å². The summed E-state index contributed by atoms with van der Waals surface area (Å²) in [6, 6.07) is 14.5. The van der Waals surface area contributed by atoms with Crippen LogP contribution >= 0.6 is 11.3 Å². The number of nitrogens with one attached hydrogen (secondary N) is 2. The fourth-order valence-corrected chi connectivity index (χ4v) is 4.68. The van der Waals surface area contributed by atoms with Crippen LogP contribution in [0, 0.1) is 0 Å². The fourth-order valence-electron chi connectivity index (χ4n) is 3.58. The first-order valence-corrected chi connectivity index (χ1v) is 9.94. The van der Waals surface area contributed by atoms with Gasteiger partial charge in [0.05, 0.1) is 6.54 Å². The number of thiophene rings is 1. The molecule has 1 aromatic heterocycles. The number of anilines is 1. The van der Waals surface area contributed by atoms with E-state index in [1.807, 2.05) is 30.5 Å². The van der Waals surface area contributed by atoms with Crippen LogP contribution in [0.25, 0.3) is 20.5 Å². The number of benzene rings is 2. The first-order chi connectivity index (χ1) is 13.7. The monoisotopic (exact) mass is 387 g/mol. The first-order valence-electron chi connectivity index (χ1n) is 9.13. The van der Waals surface area contributed by atoms with Gasteiger partial charge in [-0.3, -0.25) is 14.6 Å². The lowest BCUT2D eigenvalue weighted by Gasteiger charge is -2.15. The van der Waals surface area contributed by atoms with Crippen LogP contribution in [0.15, 0.2) is 59.2 Å². The molecule has 0 fully saturated rings. The highest BCUT2D eigenvalue weighted by Crippen LogP contribution is 2.39. The molecule has 2 amide bonds. The Hall–Kier alpha value is -3.25. The van der Waals surface area contributed by atoms with Crippen LogP contribution in [0.1, 0.15) is 24.0 Å². The number of hydrogen-bond donors (Lipinski definition) is 2. The Morgan fingerprint density at radius 3 is 2.86 bits per heavy atom. The summed E-state index contributed by atoms with van der Waals surface area (Å²) in [6.45, 7) is 0.657. The number of nitrogens with zero attached hydrogens (tertiary/aromatic N) is 1. The Morgan fingerprint density at radius 2 is 2.04 bits per heavy atom. The molecule has 0 spiro atoms. The molecule has 0 aliphatic carbocycles. The van der Waals surface area contributed by atoms with E-state index in [-0.39, 0.29) is 11.8 Å². The zero-order valence-electron chi connectivity index (χ0n) is 15.0. The van der Waals surface area contributed by atoms with E-state index in [2.05, 4.69) is 33.8 Å². The molecule has 2 aromatic carbocycles. The Labute approximate surface area is 165 Å². The molecule has 6 heteroatoms. The summed E-state index contributed by atoms with van der Waals surface area (Å²) in [7, 11) is 0. The van der Waals surface area contributed by atoms with Gasteiger partial charge in [-0.15, -0.1) is 11.3 Å². The van der Waals surface area contributed by atoms with Crippen LogP contribution in [0.5, 0.6) is 0 Å². The molecule has 5 nitrogen and oxygen atoms in total. The van der Waals surface area contributed by atoms with Crippen LogP contribution in [-0.4, -0.2) is 18.0 Å². The van der Waals surface area contributed by atoms with Gasteiger partial charge >= 0.3 is 0 Å². The van der Waals surface area contributed by atoms with Gasteiger partial charge in [0.2, 0.25) is 5.91 Å². The van der Waals surface area contributed by atoms with E-state index >= 15 is 0 Å². The van der Waals surface area contributed by atoms with Gasteiger partial charge in [0.15, 0.2) is 0 Å². The number of amides is 2. The maximum atomic E-state index is 12.6. The molecular formula is C22H17N3O2S. The van der Waals surface area contributed by atoms with Crippen molar-refractivity contribution in [2.24, 2.45) is 4.99 Å². The second-order valence-corrected chi connectivity index (χ2v) is 7.98. The second kappa shape index (κ2) is 6.73. The molecule has 0 atom stereocenters. The molecule has 138 valence electrons. The lowest BCUT2D eigenvalue weighted by molar-refractivity contribution is -0.120. The van der Waals surface area contributed by atoms with E-state index in [1.165, 1.54) is 26.7 Å². The predicted octanol–water partition coefficient (Wildman–Crippen LogP) is 4.23. The smallest absolute Gasteiger partial charge is 0.253 e. The molecule has 2 N–H and O–H groups in total. The number of hydrogen-bond acceptors (Lipinski definition) is 4. The van der Waals surface area contributed by atoms with Gasteiger partial charge in [-0.1, -0.05) is 18.2 Å². The highest BCUT2D eigenvalue weighted by molar-refractivity contribution is 7.22. The van der Waals surface area contributed by atoms with Crippen molar-refractivity contribution in [3.63, 3.8) is 0 Å². The average Bonchev–Trinajstić information content (AvgIpc) is 3.34. The standard InChI is InChI=1S/C22H17N3O2S/c26-21-6-5-14(11-24-21)22(27)25-16-7-15-10-23-12-18(15)17(9-16)20-8-13-3-1-2-4-19(13)28-20/h1-4,7-11H,5-6,12H2,(H,24,26)(H,25,27). The minimum Gasteiger partial charge on any atom is -0.332 e. The van der Waals surface area contributed by atoms with Crippen LogP contribution < -0.4 is 10.6 Å². The zero-order chi connectivity index (χ0) is 19.1. The number of rotatable bonds is 3. The molecule has 0 radical (unpaired) electrons. The predicted molar refractivity (Wildman–Crippen MR) is 113 cm³/mol. The Bertz CT molecular complexity index is 1160. The molecule has 0 saturated heterocycles. The molecule has 2 aliphatic rings. The molecule has 5 rings (SSSR count). The van der Waals surface area contributed by atoms with Crippen molar-refractivity contribution in [3.8, 4) is 10.4 Å². The van der Waals surface area contributed by atoms with E-state index in [9.17, 15) is 9.59 Å². The van der Waals surface area contributed by atoms with E-state index in [4.69, 9.17) is 0 Å². The number of carbonyl (C=O) groups is 2. The Kier molecular flexibility index (Phi) is 4.06. The Balaban J connectivity index is 1.51. The van der Waals surface area contributed by atoms with Gasteiger partial charge in [-0.05, 0) is 47.2 Å². The molecule has 2 aliphatic heterocycles. The van der Waals surface area contributed by atoms with Crippen molar-refractivity contribution in [2.75, 3.05) is 5.32 Å². The molecular weight excluding hydrogens is 370 g/mol. The Morgan fingerprint density at radius 1 is 1.14 bits per heavy atom. The minimum atomic E-state index is -0.183. The van der Waals surface area contributed by atoms with Crippen molar-refractivity contribution in [1.82, 2.24) is 5.32 Å². The van der Waals surface area contributed by atoms with Gasteiger partial charge in [-0.2, -0.15) is 0 Å². The molecule has 0 unspecified atom stereocenters. The highest BCUT2D eigenvalue weighted by Gasteiger charge is 2.20. The summed E-state index contributed by atoms with van der Waals surface area (Å²) in [5.41, 5.74) is 4.65. The summed E-state index contributed by atoms with van der Waals surface area (Å²) in [6.07, 6.45) is 4.15. The zero-order valence-corrected chi connectivity index (χ0v) is 15.8. The maximum Gasteiger partial charge on any atom is 0.253 e. The van der Waals surface area contributed by atoms with Gasteiger partial charge < -0.3 is 10.6 Å². The summed E-state index contributed by atoms with van der Waals surface area (Å²) in [5, 5.41) is 6.81. The van der Waals surface area contributed by atoms with Crippen molar-refractivity contribution in [1.29, 1.82) is 0 Å². The van der Waals surface area contributed by atoms with Crippen LogP contribution in [0.2, 0.25) is 0 Å². The lowest BCUT2D eigenvalue weighted by Crippen LogP contribution is -2.26. The van der Waals surface area contributed by atoms with Gasteiger partial charge in [0.1, 0.15) is 0 Å². The van der Waals surface area contributed by atoms with E-state index < -0.39 is 0 Å². The van der Waals surface area contributed by atoms with Crippen molar-refractivity contribution >= 4 is 45.1 Å². The largest absolute Gasteiger partial charge is 0.332 e. The highest BCUT2D eigenvalue weighted by atomic mass is 32.1. The quantitative estimate of drug-likeness (QED) is 0.706. The summed E-state index contributed by atoms with van der Waals surface area (Å²) >= 11 is 1.75. The van der Waals surface area contributed by atoms with Crippen molar-refractivity contribution in [2.45, 2.75) is 19.4 Å². The minimum absolute atomic E-state index is 0.0580. The van der Waals surface area contributed by atoms with E-state index in [0.717, 1.165) is 16.8 Å². The molecule has 28 heavy (non-hydrogen) atoms. The molecule has 3 heterocycles. The maximum absolute atomic E-state index is 12.6. The normalized spacial score (nSPS) is 15.3. The third kappa shape index (κ3) is 3.01. The van der Waals surface area contributed by atoms with Crippen LogP contribution in [0.4, 0.5) is 5.69 Å². The van der Waals surface area contributed by atoms with Crippen LogP contribution in [0.3, 0.4) is 0 Å². The van der Waals surface area contributed by atoms with Crippen molar-refractivity contribution in [3.05, 3.63) is 65.4 Å². The molecule has 3 aromatic rings. The number of carbonyl (C=O) groups excluding carboxylic acids is 2. The number of aliphatic imine (C=N–C) groups is 1. The summed E-state index contributed by atoms with van der Waals surface area (Å²) < 4.78 is 1.24. The van der Waals surface area contributed by atoms with E-state index in [1.54, 1.807) is 11.3 Å². The molecule has 0 saturated carbocycles. The van der Waals surface area contributed by atoms with E-state index in [0.29, 0.717) is 25.0 Å². The third-order valence-corrected chi connectivity index (χ3v) is 6.18. The van der Waals surface area contributed by atoms with Gasteiger partial charge in [0.25, 0.3) is 5.91 Å². The third-order valence-electron chi connectivity index (χ3n) is 5.03. The van der Waals surface area contributed by atoms with Crippen molar-refractivity contribution < 1.29 is 9.59 Å². The summed E-state index contributed by atoms with van der Waals surface area (Å²) in [5.74, 6) is -0.241. The second-order valence-electron chi connectivity index (χ2n) is 6.90. The SMILES string of the molecule is O=C1CCC(C(=O)Nc2cc3c(c(-c4cc5ccccc5s4)c2)CN=C3)=CN1. The first kappa shape index (κ1) is 16.9. The molecule has 0 bridgehead atoms. The lowest BCUT2D eigenvalue weighted by atomic mass is 10.00. The van der Waals surface area contributed by atoms with Gasteiger partial charge in [-0.25, -0.2) is 0 Å².